The molecule has 1 amide bonds. The molecule has 1 atom stereocenters. The maximum absolute atomic E-state index is 12.5. The number of amides is 1. The van der Waals surface area contributed by atoms with E-state index in [1.807, 2.05) is 6.92 Å². The number of likely N-dealkylation sites (tertiary alicyclic amines) is 1. The molecule has 1 N–H and O–H groups in total. The lowest BCUT2D eigenvalue weighted by Gasteiger charge is -2.37. The summed E-state index contributed by atoms with van der Waals surface area (Å²) >= 11 is 0. The molecule has 0 aromatic heterocycles. The number of carbonyl (C=O) groups excluding carboxylic acids is 1. The quantitative estimate of drug-likeness (QED) is 0.785. The second-order valence-electron chi connectivity index (χ2n) is 5.47. The largest absolute Gasteiger partial charge is 0.391 e. The van der Waals surface area contributed by atoms with Crippen molar-refractivity contribution in [2.45, 2.75) is 44.3 Å². The molecule has 0 saturated carbocycles. The molecular weight excluding hydrogens is 245 g/mol. The lowest BCUT2D eigenvalue weighted by Crippen LogP contribution is -2.55. The van der Waals surface area contributed by atoms with Crippen molar-refractivity contribution in [3.8, 4) is 0 Å². The average Bonchev–Trinajstić information content (AvgIpc) is 2.75. The van der Waals surface area contributed by atoms with Gasteiger partial charge < -0.3 is 10.2 Å². The van der Waals surface area contributed by atoms with Crippen LogP contribution in [0.1, 0.15) is 32.6 Å². The van der Waals surface area contributed by atoms with Gasteiger partial charge in [0.15, 0.2) is 0 Å². The summed E-state index contributed by atoms with van der Waals surface area (Å²) in [6.07, 6.45) is -2.34. The molecule has 2 rings (SSSR count). The second-order valence-corrected chi connectivity index (χ2v) is 5.47. The van der Waals surface area contributed by atoms with Crippen molar-refractivity contribution in [1.29, 1.82) is 0 Å². The fourth-order valence-electron chi connectivity index (χ4n) is 2.84. The SMILES string of the molecule is CC1(C(=O)N2CCC(C(F)(F)F)CC2)CCCN1. The van der Waals surface area contributed by atoms with E-state index in [1.165, 1.54) is 0 Å². The minimum atomic E-state index is -4.12. The van der Waals surface area contributed by atoms with Crippen molar-refractivity contribution in [2.24, 2.45) is 5.92 Å². The van der Waals surface area contributed by atoms with Crippen molar-refractivity contribution in [1.82, 2.24) is 10.2 Å². The number of hydrogen-bond donors (Lipinski definition) is 1. The van der Waals surface area contributed by atoms with E-state index >= 15 is 0 Å². The van der Waals surface area contributed by atoms with Crippen LogP contribution in [0.3, 0.4) is 0 Å². The fraction of sp³-hybridized carbons (Fsp3) is 0.917. The summed E-state index contributed by atoms with van der Waals surface area (Å²) < 4.78 is 37.6. The topological polar surface area (TPSA) is 32.3 Å². The third kappa shape index (κ3) is 2.63. The highest BCUT2D eigenvalue weighted by Gasteiger charge is 2.44. The molecule has 0 bridgehead atoms. The Morgan fingerprint density at radius 2 is 1.94 bits per heavy atom. The van der Waals surface area contributed by atoms with Crippen LogP contribution >= 0.6 is 0 Å². The summed E-state index contributed by atoms with van der Waals surface area (Å²) in [6, 6.07) is 0. The summed E-state index contributed by atoms with van der Waals surface area (Å²) in [6.45, 7) is 3.10. The van der Waals surface area contributed by atoms with E-state index in [4.69, 9.17) is 0 Å². The number of piperidine rings is 1. The van der Waals surface area contributed by atoms with Gasteiger partial charge in [-0.05, 0) is 39.2 Å². The van der Waals surface area contributed by atoms with E-state index < -0.39 is 17.6 Å². The number of nitrogens with zero attached hydrogens (tertiary/aromatic N) is 1. The first kappa shape index (κ1) is 13.6. The van der Waals surface area contributed by atoms with Gasteiger partial charge in [-0.3, -0.25) is 4.79 Å². The third-order valence-corrected chi connectivity index (χ3v) is 4.09. The van der Waals surface area contributed by atoms with Gasteiger partial charge in [-0.1, -0.05) is 0 Å². The highest BCUT2D eigenvalue weighted by atomic mass is 19.4. The number of nitrogens with one attached hydrogen (secondary N) is 1. The molecule has 6 heteroatoms. The predicted molar refractivity (Wildman–Crippen MR) is 61.0 cm³/mol. The maximum atomic E-state index is 12.5. The van der Waals surface area contributed by atoms with E-state index in [2.05, 4.69) is 5.32 Å². The van der Waals surface area contributed by atoms with Gasteiger partial charge in [-0.2, -0.15) is 13.2 Å². The first-order chi connectivity index (χ1) is 8.33. The molecule has 0 aliphatic carbocycles. The van der Waals surface area contributed by atoms with Crippen LogP contribution in [0.15, 0.2) is 0 Å². The second kappa shape index (κ2) is 4.72. The van der Waals surface area contributed by atoms with Crippen LogP contribution in [0.4, 0.5) is 13.2 Å². The number of hydrogen-bond acceptors (Lipinski definition) is 2. The van der Waals surface area contributed by atoms with Gasteiger partial charge >= 0.3 is 6.18 Å². The molecule has 2 fully saturated rings. The molecule has 0 radical (unpaired) electrons. The first-order valence-corrected chi connectivity index (χ1v) is 6.44. The molecule has 2 aliphatic heterocycles. The van der Waals surface area contributed by atoms with Crippen LogP contribution in [0.25, 0.3) is 0 Å². The van der Waals surface area contributed by atoms with Gasteiger partial charge in [-0.15, -0.1) is 0 Å². The molecule has 3 nitrogen and oxygen atoms in total. The highest BCUT2D eigenvalue weighted by molar-refractivity contribution is 5.86. The lowest BCUT2D eigenvalue weighted by molar-refractivity contribution is -0.187. The molecule has 104 valence electrons. The van der Waals surface area contributed by atoms with E-state index in [1.54, 1.807) is 4.90 Å². The minimum absolute atomic E-state index is 0.0331. The van der Waals surface area contributed by atoms with Crippen molar-refractivity contribution in [2.75, 3.05) is 19.6 Å². The van der Waals surface area contributed by atoms with E-state index in [9.17, 15) is 18.0 Å². The molecule has 0 spiro atoms. The van der Waals surface area contributed by atoms with Crippen LogP contribution in [0.5, 0.6) is 0 Å². The van der Waals surface area contributed by atoms with Crippen molar-refractivity contribution in [3.63, 3.8) is 0 Å². The Morgan fingerprint density at radius 3 is 2.39 bits per heavy atom. The molecule has 2 saturated heterocycles. The van der Waals surface area contributed by atoms with E-state index in [-0.39, 0.29) is 31.8 Å². The van der Waals surface area contributed by atoms with Crippen LogP contribution in [-0.2, 0) is 4.79 Å². The Morgan fingerprint density at radius 1 is 1.33 bits per heavy atom. The van der Waals surface area contributed by atoms with Gasteiger partial charge in [0, 0.05) is 13.1 Å². The number of rotatable bonds is 1. The highest BCUT2D eigenvalue weighted by Crippen LogP contribution is 2.35. The molecule has 18 heavy (non-hydrogen) atoms. The number of halogens is 3. The van der Waals surface area contributed by atoms with E-state index in [0.29, 0.717) is 0 Å². The van der Waals surface area contributed by atoms with Crippen LogP contribution in [0.2, 0.25) is 0 Å². The molecular formula is C12H19F3N2O. The number of carbonyl (C=O) groups is 1. The van der Waals surface area contributed by atoms with Gasteiger partial charge in [-0.25, -0.2) is 0 Å². The molecule has 1 unspecified atom stereocenters. The standard InChI is InChI=1S/C12H19F3N2O/c1-11(5-2-6-16-11)10(18)17-7-3-9(4-8-17)12(13,14)15/h9,16H,2-8H2,1H3. The Hall–Kier alpha value is -0.780. The zero-order valence-electron chi connectivity index (χ0n) is 10.5. The smallest absolute Gasteiger partial charge is 0.341 e. The van der Waals surface area contributed by atoms with Crippen LogP contribution in [-0.4, -0.2) is 42.2 Å². The molecule has 2 heterocycles. The summed E-state index contributed by atoms with van der Waals surface area (Å²) in [5.74, 6) is -1.29. The Bertz CT molecular complexity index is 316. The first-order valence-electron chi connectivity index (χ1n) is 6.44. The Balaban J connectivity index is 1.92. The fourth-order valence-corrected chi connectivity index (χ4v) is 2.84. The predicted octanol–water partition coefficient (Wildman–Crippen LogP) is 1.93. The molecule has 0 aromatic carbocycles. The Labute approximate surface area is 105 Å². The van der Waals surface area contributed by atoms with Gasteiger partial charge in [0.05, 0.1) is 11.5 Å². The average molecular weight is 264 g/mol. The van der Waals surface area contributed by atoms with Crippen molar-refractivity contribution >= 4 is 5.91 Å². The van der Waals surface area contributed by atoms with Crippen molar-refractivity contribution in [3.05, 3.63) is 0 Å². The summed E-state index contributed by atoms with van der Waals surface area (Å²) in [5, 5.41) is 3.16. The zero-order valence-corrected chi connectivity index (χ0v) is 10.5. The monoisotopic (exact) mass is 264 g/mol. The van der Waals surface area contributed by atoms with Crippen LogP contribution < -0.4 is 5.32 Å². The third-order valence-electron chi connectivity index (χ3n) is 4.09. The normalized spacial score (nSPS) is 30.8. The zero-order chi connectivity index (χ0) is 13.4. The molecule has 2 aliphatic rings. The summed E-state index contributed by atoms with van der Waals surface area (Å²) in [7, 11) is 0. The molecule has 0 aromatic rings. The number of alkyl halides is 3. The van der Waals surface area contributed by atoms with Crippen molar-refractivity contribution < 1.29 is 18.0 Å². The minimum Gasteiger partial charge on any atom is -0.341 e. The van der Waals surface area contributed by atoms with Crippen LogP contribution in [0, 0.1) is 5.92 Å². The Kier molecular flexibility index (Phi) is 3.58. The summed E-state index contributed by atoms with van der Waals surface area (Å²) in [5.41, 5.74) is -0.564. The lowest BCUT2D eigenvalue weighted by atomic mass is 9.93. The van der Waals surface area contributed by atoms with Gasteiger partial charge in [0.1, 0.15) is 0 Å². The van der Waals surface area contributed by atoms with Gasteiger partial charge in [0.2, 0.25) is 5.91 Å². The van der Waals surface area contributed by atoms with Gasteiger partial charge in [0.25, 0.3) is 0 Å². The summed E-state index contributed by atoms with van der Waals surface area (Å²) in [4.78, 5) is 13.8. The maximum Gasteiger partial charge on any atom is 0.391 e. The van der Waals surface area contributed by atoms with E-state index in [0.717, 1.165) is 19.4 Å².